The normalized spacial score (nSPS) is 12.2. The fourth-order valence-electron chi connectivity index (χ4n) is 3.08. The molecule has 0 unspecified atom stereocenters. The minimum atomic E-state index is -0.597. The molecule has 0 aliphatic heterocycles. The van der Waals surface area contributed by atoms with Crippen molar-refractivity contribution in [2.75, 3.05) is 13.7 Å². The number of benzene rings is 2. The molecule has 5 nitrogen and oxygen atoms in total. The van der Waals surface area contributed by atoms with E-state index in [0.717, 1.165) is 11.1 Å². The van der Waals surface area contributed by atoms with Gasteiger partial charge < -0.3 is 15.0 Å². The molecule has 0 radical (unpaired) electrons. The van der Waals surface area contributed by atoms with Crippen LogP contribution in [0.3, 0.4) is 0 Å². The molecule has 1 atom stereocenters. The molecule has 0 spiro atoms. The number of aryl methyl sites for hydroxylation is 1. The van der Waals surface area contributed by atoms with E-state index in [1.807, 2.05) is 55.5 Å². The molecule has 0 aromatic heterocycles. The third-order valence-corrected chi connectivity index (χ3v) is 4.93. The summed E-state index contributed by atoms with van der Waals surface area (Å²) in [6, 6.07) is 15.1. The summed E-state index contributed by atoms with van der Waals surface area (Å²) < 4.78 is 5.72. The lowest BCUT2D eigenvalue weighted by atomic mass is 9.87. The Hall–Kier alpha value is -2.82. The monoisotopic (exact) mass is 396 g/mol. The van der Waals surface area contributed by atoms with Gasteiger partial charge in [0.1, 0.15) is 11.8 Å². The van der Waals surface area contributed by atoms with Crippen molar-refractivity contribution in [2.24, 2.45) is 0 Å². The fourth-order valence-corrected chi connectivity index (χ4v) is 3.08. The van der Waals surface area contributed by atoms with Crippen molar-refractivity contribution in [1.82, 2.24) is 10.2 Å². The summed E-state index contributed by atoms with van der Waals surface area (Å²) >= 11 is 0. The third kappa shape index (κ3) is 6.34. The predicted molar refractivity (Wildman–Crippen MR) is 116 cm³/mol. The lowest BCUT2D eigenvalue weighted by Crippen LogP contribution is -2.48. The van der Waals surface area contributed by atoms with Crippen LogP contribution in [0.1, 0.15) is 44.4 Å². The van der Waals surface area contributed by atoms with Gasteiger partial charge in [-0.05, 0) is 42.5 Å². The highest BCUT2D eigenvalue weighted by Crippen LogP contribution is 2.24. The lowest BCUT2D eigenvalue weighted by Gasteiger charge is -2.28. The fraction of sp³-hybridized carbons (Fsp3) is 0.417. The van der Waals surface area contributed by atoms with Crippen LogP contribution in [0.4, 0.5) is 0 Å². The molecule has 0 fully saturated rings. The van der Waals surface area contributed by atoms with Crippen LogP contribution in [0.5, 0.6) is 5.75 Å². The molecule has 156 valence electrons. The number of rotatable bonds is 7. The summed E-state index contributed by atoms with van der Waals surface area (Å²) in [5.41, 5.74) is 3.34. The standard InChI is InChI=1S/C24H32N2O3/c1-17-8-7-9-19(14-17)15-26(18(2)23(28)25-6)22(27)16-29-21-12-10-20(11-13-21)24(3,4)5/h7-14,18H,15-16H2,1-6H3,(H,25,28)/t18-/m0/s1. The second kappa shape index (κ2) is 9.59. The lowest BCUT2D eigenvalue weighted by molar-refractivity contribution is -0.142. The van der Waals surface area contributed by atoms with Gasteiger partial charge in [0.25, 0.3) is 5.91 Å². The molecule has 2 aromatic carbocycles. The highest BCUT2D eigenvalue weighted by Gasteiger charge is 2.26. The highest BCUT2D eigenvalue weighted by molar-refractivity contribution is 5.87. The number of nitrogens with one attached hydrogen (secondary N) is 1. The van der Waals surface area contributed by atoms with E-state index in [2.05, 4.69) is 26.1 Å². The number of carbonyl (C=O) groups excluding carboxylic acids is 2. The quantitative estimate of drug-likeness (QED) is 0.774. The summed E-state index contributed by atoms with van der Waals surface area (Å²) in [5, 5.41) is 2.62. The van der Waals surface area contributed by atoms with Gasteiger partial charge >= 0.3 is 0 Å². The maximum absolute atomic E-state index is 12.9. The zero-order valence-corrected chi connectivity index (χ0v) is 18.3. The zero-order chi connectivity index (χ0) is 21.6. The molecular weight excluding hydrogens is 364 g/mol. The minimum absolute atomic E-state index is 0.0574. The Morgan fingerprint density at radius 2 is 1.76 bits per heavy atom. The second-order valence-corrected chi connectivity index (χ2v) is 8.36. The molecule has 29 heavy (non-hydrogen) atoms. The summed E-state index contributed by atoms with van der Waals surface area (Å²) in [6.07, 6.45) is 0. The summed E-state index contributed by atoms with van der Waals surface area (Å²) in [5.74, 6) is 0.192. The third-order valence-electron chi connectivity index (χ3n) is 4.93. The van der Waals surface area contributed by atoms with E-state index in [0.29, 0.717) is 12.3 Å². The van der Waals surface area contributed by atoms with E-state index in [9.17, 15) is 9.59 Å². The SMILES string of the molecule is CNC(=O)[C@H](C)N(Cc1cccc(C)c1)C(=O)COc1ccc(C(C)(C)C)cc1. The molecule has 2 rings (SSSR count). The molecular formula is C24H32N2O3. The van der Waals surface area contributed by atoms with Crippen LogP contribution in [0.25, 0.3) is 0 Å². The number of ether oxygens (including phenoxy) is 1. The molecule has 2 aromatic rings. The average molecular weight is 397 g/mol. The number of likely N-dealkylation sites (N-methyl/N-ethyl adjacent to an activating group) is 1. The Bertz CT molecular complexity index is 838. The van der Waals surface area contributed by atoms with Gasteiger partial charge in [-0.25, -0.2) is 0 Å². The van der Waals surface area contributed by atoms with Gasteiger partial charge in [-0.3, -0.25) is 9.59 Å². The van der Waals surface area contributed by atoms with Crippen LogP contribution >= 0.6 is 0 Å². The molecule has 1 N–H and O–H groups in total. The maximum atomic E-state index is 12.9. The van der Waals surface area contributed by atoms with Gasteiger partial charge in [-0.15, -0.1) is 0 Å². The second-order valence-electron chi connectivity index (χ2n) is 8.36. The maximum Gasteiger partial charge on any atom is 0.261 e. The van der Waals surface area contributed by atoms with Gasteiger partial charge in [0.05, 0.1) is 0 Å². The van der Waals surface area contributed by atoms with E-state index in [1.54, 1.807) is 18.9 Å². The molecule has 0 saturated heterocycles. The van der Waals surface area contributed by atoms with Gasteiger partial charge in [-0.2, -0.15) is 0 Å². The Morgan fingerprint density at radius 1 is 1.10 bits per heavy atom. The summed E-state index contributed by atoms with van der Waals surface area (Å²) in [7, 11) is 1.57. The van der Waals surface area contributed by atoms with Gasteiger partial charge in [0.15, 0.2) is 6.61 Å². The van der Waals surface area contributed by atoms with Crippen LogP contribution in [0, 0.1) is 6.92 Å². The van der Waals surface area contributed by atoms with Gasteiger partial charge in [0, 0.05) is 13.6 Å². The van der Waals surface area contributed by atoms with Gasteiger partial charge in [-0.1, -0.05) is 62.7 Å². The number of nitrogens with zero attached hydrogens (tertiary/aromatic N) is 1. The van der Waals surface area contributed by atoms with Crippen molar-refractivity contribution in [3.63, 3.8) is 0 Å². The van der Waals surface area contributed by atoms with E-state index in [1.165, 1.54) is 5.56 Å². The Morgan fingerprint density at radius 3 is 2.31 bits per heavy atom. The largest absolute Gasteiger partial charge is 0.484 e. The molecule has 0 aliphatic rings. The molecule has 2 amide bonds. The summed E-state index contributed by atoms with van der Waals surface area (Å²) in [6.45, 7) is 10.4. The first-order valence-electron chi connectivity index (χ1n) is 9.91. The first-order chi connectivity index (χ1) is 13.6. The minimum Gasteiger partial charge on any atom is -0.484 e. The Kier molecular flexibility index (Phi) is 7.43. The number of hydrogen-bond acceptors (Lipinski definition) is 3. The van der Waals surface area contributed by atoms with Crippen LogP contribution < -0.4 is 10.1 Å². The van der Waals surface area contributed by atoms with Crippen molar-refractivity contribution in [3.05, 3.63) is 65.2 Å². The van der Waals surface area contributed by atoms with Crippen LogP contribution in [-0.4, -0.2) is 36.4 Å². The highest BCUT2D eigenvalue weighted by atomic mass is 16.5. The first kappa shape index (κ1) is 22.5. The average Bonchev–Trinajstić information content (AvgIpc) is 2.68. The summed E-state index contributed by atoms with van der Waals surface area (Å²) in [4.78, 5) is 26.6. The van der Waals surface area contributed by atoms with E-state index < -0.39 is 6.04 Å². The molecule has 0 heterocycles. The van der Waals surface area contributed by atoms with E-state index in [-0.39, 0.29) is 23.8 Å². The predicted octanol–water partition coefficient (Wildman–Crippen LogP) is 3.83. The Balaban J connectivity index is 2.11. The van der Waals surface area contributed by atoms with Crippen molar-refractivity contribution in [3.8, 4) is 5.75 Å². The topological polar surface area (TPSA) is 58.6 Å². The van der Waals surface area contributed by atoms with Crippen molar-refractivity contribution in [2.45, 2.75) is 52.6 Å². The first-order valence-corrected chi connectivity index (χ1v) is 9.91. The Labute approximate surface area is 174 Å². The van der Waals surface area contributed by atoms with E-state index in [4.69, 9.17) is 4.74 Å². The number of hydrogen-bond donors (Lipinski definition) is 1. The van der Waals surface area contributed by atoms with E-state index >= 15 is 0 Å². The number of carbonyl (C=O) groups is 2. The van der Waals surface area contributed by atoms with Crippen LogP contribution in [0.15, 0.2) is 48.5 Å². The van der Waals surface area contributed by atoms with Crippen molar-refractivity contribution < 1.29 is 14.3 Å². The molecule has 0 bridgehead atoms. The van der Waals surface area contributed by atoms with Gasteiger partial charge in [0.2, 0.25) is 5.91 Å². The molecule has 0 saturated carbocycles. The zero-order valence-electron chi connectivity index (χ0n) is 18.3. The van der Waals surface area contributed by atoms with Crippen molar-refractivity contribution in [1.29, 1.82) is 0 Å². The molecule has 5 heteroatoms. The smallest absolute Gasteiger partial charge is 0.261 e. The van der Waals surface area contributed by atoms with Crippen molar-refractivity contribution >= 4 is 11.8 Å². The molecule has 0 aliphatic carbocycles. The number of amides is 2. The van der Waals surface area contributed by atoms with Crippen LogP contribution in [-0.2, 0) is 21.5 Å². The van der Waals surface area contributed by atoms with Crippen LogP contribution in [0.2, 0.25) is 0 Å².